The van der Waals surface area contributed by atoms with Gasteiger partial charge >= 0.3 is 0 Å². The van der Waals surface area contributed by atoms with Crippen LogP contribution in [0, 0.1) is 0 Å². The number of rotatable bonds is 3. The molecule has 0 amide bonds. The molecule has 1 saturated heterocycles. The van der Waals surface area contributed by atoms with Gasteiger partial charge in [-0.2, -0.15) is 0 Å². The Hall–Kier alpha value is -0.290. The van der Waals surface area contributed by atoms with Gasteiger partial charge in [-0.25, -0.2) is 0 Å². The first-order valence-electron chi connectivity index (χ1n) is 7.57. The average molecular weight is 453 g/mol. The summed E-state index contributed by atoms with van der Waals surface area (Å²) in [6.45, 7) is 4.38. The molecular formula is C18H22BrCl3N2. The molecule has 0 saturated carbocycles. The number of hydrogen-bond donors (Lipinski definition) is 0. The highest BCUT2D eigenvalue weighted by Crippen LogP contribution is 2.31. The Morgan fingerprint density at radius 2 is 1.54 bits per heavy atom. The average Bonchev–Trinajstić information content (AvgIpc) is 2.51. The second-order valence-corrected chi connectivity index (χ2v) is 7.20. The first-order valence-corrected chi connectivity index (χ1v) is 8.74. The second kappa shape index (κ2) is 10.0. The first kappa shape index (κ1) is 21.8. The number of nitrogens with zero attached hydrogens (tertiary/aromatic N) is 2. The lowest BCUT2D eigenvalue weighted by Crippen LogP contribution is -2.46. The molecule has 2 aromatic carbocycles. The molecule has 0 aromatic heterocycles. The molecule has 132 valence electrons. The van der Waals surface area contributed by atoms with Crippen molar-refractivity contribution in [2.45, 2.75) is 6.04 Å². The Morgan fingerprint density at radius 3 is 2.12 bits per heavy atom. The molecule has 0 aliphatic carbocycles. The number of piperazine rings is 1. The fraction of sp³-hybridized carbons (Fsp3) is 0.333. The fourth-order valence-corrected chi connectivity index (χ4v) is 3.56. The van der Waals surface area contributed by atoms with Crippen LogP contribution in [0.5, 0.6) is 0 Å². The van der Waals surface area contributed by atoms with E-state index >= 15 is 0 Å². The van der Waals surface area contributed by atoms with Crippen LogP contribution < -0.4 is 0 Å². The molecule has 0 spiro atoms. The third kappa shape index (κ3) is 5.35. The molecule has 1 atom stereocenters. The van der Waals surface area contributed by atoms with E-state index in [-0.39, 0.29) is 30.9 Å². The van der Waals surface area contributed by atoms with Crippen molar-refractivity contribution in [1.82, 2.24) is 9.80 Å². The molecule has 1 heterocycles. The lowest BCUT2D eigenvalue weighted by atomic mass is 9.96. The number of likely N-dealkylation sites (N-methyl/N-ethyl adjacent to an activating group) is 1. The van der Waals surface area contributed by atoms with E-state index in [1.165, 1.54) is 11.1 Å². The van der Waals surface area contributed by atoms with Crippen LogP contribution in [0.3, 0.4) is 0 Å². The molecule has 1 unspecified atom stereocenters. The van der Waals surface area contributed by atoms with Crippen molar-refractivity contribution in [2.24, 2.45) is 0 Å². The Morgan fingerprint density at radius 1 is 0.917 bits per heavy atom. The SMILES string of the molecule is CN1CCN(C(c2ccc(Cl)cc2)c2cccc(Br)c2)CC1.Cl.Cl. The van der Waals surface area contributed by atoms with Crippen molar-refractivity contribution in [2.75, 3.05) is 33.2 Å². The highest BCUT2D eigenvalue weighted by Gasteiger charge is 2.25. The molecule has 24 heavy (non-hydrogen) atoms. The third-order valence-electron chi connectivity index (χ3n) is 4.25. The summed E-state index contributed by atoms with van der Waals surface area (Å²) in [6, 6.07) is 17.2. The van der Waals surface area contributed by atoms with Gasteiger partial charge in [0, 0.05) is 35.7 Å². The number of hydrogen-bond acceptors (Lipinski definition) is 2. The van der Waals surface area contributed by atoms with Crippen LogP contribution in [0.1, 0.15) is 17.2 Å². The molecule has 2 nitrogen and oxygen atoms in total. The normalized spacial score (nSPS) is 16.8. The minimum absolute atomic E-state index is 0. The molecule has 2 aromatic rings. The van der Waals surface area contributed by atoms with Gasteiger partial charge in [0.2, 0.25) is 0 Å². The lowest BCUT2D eigenvalue weighted by Gasteiger charge is -2.38. The highest BCUT2D eigenvalue weighted by atomic mass is 79.9. The molecule has 1 aliphatic rings. The van der Waals surface area contributed by atoms with Gasteiger partial charge in [-0.3, -0.25) is 4.90 Å². The number of halogens is 4. The summed E-state index contributed by atoms with van der Waals surface area (Å²) >= 11 is 9.67. The highest BCUT2D eigenvalue weighted by molar-refractivity contribution is 9.10. The summed E-state index contributed by atoms with van der Waals surface area (Å²) in [6.07, 6.45) is 0. The smallest absolute Gasteiger partial charge is 0.0603 e. The number of benzene rings is 2. The molecule has 0 N–H and O–H groups in total. The van der Waals surface area contributed by atoms with Gasteiger partial charge in [0.1, 0.15) is 0 Å². The van der Waals surface area contributed by atoms with Gasteiger partial charge in [0.25, 0.3) is 0 Å². The van der Waals surface area contributed by atoms with E-state index in [1.54, 1.807) is 0 Å². The summed E-state index contributed by atoms with van der Waals surface area (Å²) in [5, 5.41) is 0.787. The van der Waals surface area contributed by atoms with E-state index in [9.17, 15) is 0 Å². The lowest BCUT2D eigenvalue weighted by molar-refractivity contribution is 0.127. The van der Waals surface area contributed by atoms with Crippen molar-refractivity contribution in [3.05, 3.63) is 69.2 Å². The minimum atomic E-state index is 0. The van der Waals surface area contributed by atoms with E-state index in [1.807, 2.05) is 12.1 Å². The van der Waals surface area contributed by atoms with Gasteiger partial charge in [-0.1, -0.05) is 51.8 Å². The zero-order valence-electron chi connectivity index (χ0n) is 13.5. The van der Waals surface area contributed by atoms with Crippen molar-refractivity contribution in [1.29, 1.82) is 0 Å². The van der Waals surface area contributed by atoms with Crippen LogP contribution in [0.2, 0.25) is 5.02 Å². The van der Waals surface area contributed by atoms with E-state index < -0.39 is 0 Å². The van der Waals surface area contributed by atoms with Crippen molar-refractivity contribution in [3.63, 3.8) is 0 Å². The fourth-order valence-electron chi connectivity index (χ4n) is 3.02. The van der Waals surface area contributed by atoms with Gasteiger partial charge in [-0.15, -0.1) is 24.8 Å². The zero-order chi connectivity index (χ0) is 15.5. The van der Waals surface area contributed by atoms with Crippen molar-refractivity contribution in [3.8, 4) is 0 Å². The minimum Gasteiger partial charge on any atom is -0.304 e. The zero-order valence-corrected chi connectivity index (χ0v) is 17.5. The first-order chi connectivity index (χ1) is 10.6. The van der Waals surface area contributed by atoms with E-state index in [2.05, 4.69) is 69.2 Å². The summed E-state index contributed by atoms with van der Waals surface area (Å²) in [5.41, 5.74) is 2.62. The van der Waals surface area contributed by atoms with Gasteiger partial charge in [0.05, 0.1) is 6.04 Å². The second-order valence-electron chi connectivity index (χ2n) is 5.85. The third-order valence-corrected chi connectivity index (χ3v) is 5.00. The van der Waals surface area contributed by atoms with Crippen LogP contribution in [0.25, 0.3) is 0 Å². The van der Waals surface area contributed by atoms with Crippen molar-refractivity contribution < 1.29 is 0 Å². The quantitative estimate of drug-likeness (QED) is 0.625. The maximum absolute atomic E-state index is 6.06. The molecule has 6 heteroatoms. The Balaban J connectivity index is 0.00000144. The van der Waals surface area contributed by atoms with Crippen LogP contribution in [-0.4, -0.2) is 43.0 Å². The summed E-state index contributed by atoms with van der Waals surface area (Å²) < 4.78 is 1.12. The summed E-state index contributed by atoms with van der Waals surface area (Å²) in [5.74, 6) is 0. The largest absolute Gasteiger partial charge is 0.304 e. The monoisotopic (exact) mass is 450 g/mol. The Kier molecular flexibility index (Phi) is 9.07. The predicted molar refractivity (Wildman–Crippen MR) is 111 cm³/mol. The standard InChI is InChI=1S/C18H20BrClN2.2ClH/c1-21-9-11-22(12-10-21)18(14-5-7-17(20)8-6-14)15-3-2-4-16(19)13-15;;/h2-8,13,18H,9-12H2,1H3;2*1H. The predicted octanol–water partition coefficient (Wildman–Crippen LogP) is 5.28. The topological polar surface area (TPSA) is 6.48 Å². The molecule has 1 aliphatic heterocycles. The van der Waals surface area contributed by atoms with Gasteiger partial charge in [0.15, 0.2) is 0 Å². The van der Waals surface area contributed by atoms with Crippen LogP contribution in [-0.2, 0) is 0 Å². The van der Waals surface area contributed by atoms with Crippen molar-refractivity contribution >= 4 is 52.3 Å². The molecule has 1 fully saturated rings. The molecule has 3 rings (SSSR count). The van der Waals surface area contributed by atoms with Crippen LogP contribution >= 0.6 is 52.3 Å². The van der Waals surface area contributed by atoms with E-state index in [0.29, 0.717) is 0 Å². The van der Waals surface area contributed by atoms with Crippen LogP contribution in [0.4, 0.5) is 0 Å². The Labute approximate surface area is 170 Å². The summed E-state index contributed by atoms with van der Waals surface area (Å²) in [4.78, 5) is 4.95. The molecule has 0 radical (unpaired) electrons. The molecular weight excluding hydrogens is 430 g/mol. The molecule has 0 bridgehead atoms. The van der Waals surface area contributed by atoms with Gasteiger partial charge in [-0.05, 0) is 42.4 Å². The van der Waals surface area contributed by atoms with E-state index in [0.717, 1.165) is 35.7 Å². The maximum Gasteiger partial charge on any atom is 0.0603 e. The van der Waals surface area contributed by atoms with E-state index in [4.69, 9.17) is 11.6 Å². The maximum atomic E-state index is 6.06. The Bertz CT molecular complexity index is 628. The van der Waals surface area contributed by atoms with Gasteiger partial charge < -0.3 is 4.90 Å². The summed E-state index contributed by atoms with van der Waals surface area (Å²) in [7, 11) is 2.19. The van der Waals surface area contributed by atoms with Crippen LogP contribution in [0.15, 0.2) is 53.0 Å².